The van der Waals surface area contributed by atoms with E-state index in [1.807, 2.05) is 18.3 Å². The molecule has 0 fully saturated rings. The van der Waals surface area contributed by atoms with E-state index in [9.17, 15) is 4.79 Å². The Morgan fingerprint density at radius 1 is 1.38 bits per heavy atom. The van der Waals surface area contributed by atoms with Crippen LogP contribution in [0.4, 0.5) is 0 Å². The summed E-state index contributed by atoms with van der Waals surface area (Å²) in [5.74, 6) is -0.298. The molecule has 0 amide bonds. The summed E-state index contributed by atoms with van der Waals surface area (Å²) in [7, 11) is 0. The van der Waals surface area contributed by atoms with Gasteiger partial charge in [-0.3, -0.25) is 0 Å². The first-order valence-corrected chi connectivity index (χ1v) is 5.40. The van der Waals surface area contributed by atoms with Crippen molar-refractivity contribution < 1.29 is 9.90 Å². The van der Waals surface area contributed by atoms with Crippen LogP contribution in [0.1, 0.15) is 24.2 Å². The monoisotopic (exact) mass is 217 g/mol. The van der Waals surface area contributed by atoms with Crippen molar-refractivity contribution in [3.05, 3.63) is 36.0 Å². The third-order valence-electron chi connectivity index (χ3n) is 2.58. The summed E-state index contributed by atoms with van der Waals surface area (Å²) in [6.07, 6.45) is 2.01. The molecule has 16 heavy (non-hydrogen) atoms. The Morgan fingerprint density at radius 3 is 2.75 bits per heavy atom. The molecule has 3 heteroatoms. The van der Waals surface area contributed by atoms with Crippen LogP contribution in [0.25, 0.3) is 10.9 Å². The van der Waals surface area contributed by atoms with Crippen molar-refractivity contribution in [3.63, 3.8) is 0 Å². The molecule has 1 aromatic carbocycles. The number of carbonyl (C=O) groups is 1. The van der Waals surface area contributed by atoms with Crippen LogP contribution in [0, 0.1) is 5.92 Å². The van der Waals surface area contributed by atoms with Gasteiger partial charge in [0.05, 0.1) is 5.56 Å². The Morgan fingerprint density at radius 2 is 2.12 bits per heavy atom. The normalized spacial score (nSPS) is 11.2. The highest BCUT2D eigenvalue weighted by atomic mass is 16.4. The lowest BCUT2D eigenvalue weighted by molar-refractivity contribution is 0.0697. The number of hydrogen-bond acceptors (Lipinski definition) is 1. The van der Waals surface area contributed by atoms with Crippen molar-refractivity contribution in [1.29, 1.82) is 0 Å². The number of aromatic carboxylic acids is 1. The summed E-state index contributed by atoms with van der Waals surface area (Å²) < 4.78 is 2.16. The zero-order valence-electron chi connectivity index (χ0n) is 9.47. The summed E-state index contributed by atoms with van der Waals surface area (Å²) in [5, 5.41) is 9.88. The van der Waals surface area contributed by atoms with Crippen molar-refractivity contribution in [2.24, 2.45) is 5.92 Å². The van der Waals surface area contributed by atoms with E-state index in [0.29, 0.717) is 11.5 Å². The van der Waals surface area contributed by atoms with E-state index in [1.54, 1.807) is 12.1 Å². The van der Waals surface area contributed by atoms with E-state index < -0.39 is 5.97 Å². The van der Waals surface area contributed by atoms with Gasteiger partial charge in [0.25, 0.3) is 0 Å². The first-order chi connectivity index (χ1) is 7.58. The maximum Gasteiger partial charge on any atom is 0.335 e. The fourth-order valence-corrected chi connectivity index (χ4v) is 1.89. The number of carboxylic acids is 1. The van der Waals surface area contributed by atoms with Crippen molar-refractivity contribution in [3.8, 4) is 0 Å². The highest BCUT2D eigenvalue weighted by Gasteiger charge is 2.07. The van der Waals surface area contributed by atoms with E-state index in [1.165, 1.54) is 0 Å². The molecule has 0 unspecified atom stereocenters. The molecule has 0 atom stereocenters. The van der Waals surface area contributed by atoms with Gasteiger partial charge < -0.3 is 9.67 Å². The van der Waals surface area contributed by atoms with Crippen molar-refractivity contribution in [2.75, 3.05) is 0 Å². The Kier molecular flexibility index (Phi) is 2.69. The molecule has 1 aromatic heterocycles. The maximum atomic E-state index is 10.8. The number of fused-ring (bicyclic) bond motifs is 1. The summed E-state index contributed by atoms with van der Waals surface area (Å²) in [6, 6.07) is 7.21. The summed E-state index contributed by atoms with van der Waals surface area (Å²) in [6.45, 7) is 5.28. The van der Waals surface area contributed by atoms with Crippen LogP contribution >= 0.6 is 0 Å². The predicted octanol–water partition coefficient (Wildman–Crippen LogP) is 3.00. The molecule has 1 N–H and O–H groups in total. The molecule has 2 rings (SSSR count). The average molecular weight is 217 g/mol. The number of benzene rings is 1. The third-order valence-corrected chi connectivity index (χ3v) is 2.58. The predicted molar refractivity (Wildman–Crippen MR) is 63.7 cm³/mol. The number of nitrogens with zero attached hydrogens (tertiary/aromatic N) is 1. The average Bonchev–Trinajstić information content (AvgIpc) is 2.60. The van der Waals surface area contributed by atoms with Crippen LogP contribution in [-0.2, 0) is 6.54 Å². The molecule has 0 saturated carbocycles. The van der Waals surface area contributed by atoms with E-state index >= 15 is 0 Å². The van der Waals surface area contributed by atoms with Crippen LogP contribution in [0.2, 0.25) is 0 Å². The molecular weight excluding hydrogens is 202 g/mol. The lowest BCUT2D eigenvalue weighted by atomic mass is 10.1. The number of carboxylic acid groups (broad SMARTS) is 1. The van der Waals surface area contributed by atoms with Crippen molar-refractivity contribution >= 4 is 16.9 Å². The van der Waals surface area contributed by atoms with Crippen LogP contribution in [-0.4, -0.2) is 15.6 Å². The second-order valence-electron chi connectivity index (χ2n) is 4.44. The number of rotatable bonds is 3. The molecule has 0 saturated heterocycles. The maximum absolute atomic E-state index is 10.8. The van der Waals surface area contributed by atoms with Gasteiger partial charge in [-0.2, -0.15) is 0 Å². The van der Waals surface area contributed by atoms with Gasteiger partial charge in [0, 0.05) is 23.6 Å². The van der Waals surface area contributed by atoms with E-state index in [4.69, 9.17) is 5.11 Å². The number of aromatic nitrogens is 1. The zero-order valence-corrected chi connectivity index (χ0v) is 9.47. The van der Waals surface area contributed by atoms with Gasteiger partial charge in [-0.15, -0.1) is 0 Å². The van der Waals surface area contributed by atoms with Crippen LogP contribution in [0.15, 0.2) is 30.5 Å². The van der Waals surface area contributed by atoms with E-state index in [2.05, 4.69) is 18.4 Å². The number of hydrogen-bond donors (Lipinski definition) is 1. The van der Waals surface area contributed by atoms with Gasteiger partial charge in [-0.05, 0) is 30.2 Å². The van der Waals surface area contributed by atoms with Crippen molar-refractivity contribution in [2.45, 2.75) is 20.4 Å². The second kappa shape index (κ2) is 4.00. The molecular formula is C13H15NO2. The SMILES string of the molecule is CC(C)Cn1ccc2cc(C(=O)O)ccc21. The molecule has 1 heterocycles. The summed E-state index contributed by atoms with van der Waals surface area (Å²) >= 11 is 0. The Labute approximate surface area is 94.3 Å². The first kappa shape index (κ1) is 10.7. The van der Waals surface area contributed by atoms with Gasteiger partial charge >= 0.3 is 5.97 Å². The van der Waals surface area contributed by atoms with Crippen LogP contribution < -0.4 is 0 Å². The lowest BCUT2D eigenvalue weighted by Gasteiger charge is -2.08. The minimum absolute atomic E-state index is 0.342. The topological polar surface area (TPSA) is 42.2 Å². The molecule has 0 aliphatic carbocycles. The fourth-order valence-electron chi connectivity index (χ4n) is 1.89. The third kappa shape index (κ3) is 1.94. The van der Waals surface area contributed by atoms with Gasteiger partial charge in [0.15, 0.2) is 0 Å². The van der Waals surface area contributed by atoms with Gasteiger partial charge in [-0.25, -0.2) is 4.79 Å². The zero-order chi connectivity index (χ0) is 11.7. The molecule has 0 aliphatic rings. The molecule has 0 aliphatic heterocycles. The summed E-state index contributed by atoms with van der Waals surface area (Å²) in [4.78, 5) is 10.8. The van der Waals surface area contributed by atoms with Gasteiger partial charge in [0.1, 0.15) is 0 Å². The van der Waals surface area contributed by atoms with Crippen molar-refractivity contribution in [1.82, 2.24) is 4.57 Å². The molecule has 84 valence electrons. The first-order valence-electron chi connectivity index (χ1n) is 5.40. The highest BCUT2D eigenvalue weighted by Crippen LogP contribution is 2.18. The molecule has 2 aromatic rings. The Bertz CT molecular complexity index is 526. The Hall–Kier alpha value is -1.77. The molecule has 0 spiro atoms. The largest absolute Gasteiger partial charge is 0.478 e. The van der Waals surface area contributed by atoms with Crippen LogP contribution in [0.3, 0.4) is 0 Å². The smallest absolute Gasteiger partial charge is 0.335 e. The Balaban J connectivity index is 2.46. The standard InChI is InChI=1S/C13H15NO2/c1-9(2)8-14-6-5-10-7-11(13(15)16)3-4-12(10)14/h3-7,9H,8H2,1-2H3,(H,15,16). The molecule has 0 bridgehead atoms. The second-order valence-corrected chi connectivity index (χ2v) is 4.44. The van der Waals surface area contributed by atoms with E-state index in [0.717, 1.165) is 17.4 Å². The quantitative estimate of drug-likeness (QED) is 0.858. The van der Waals surface area contributed by atoms with Gasteiger partial charge in [0.2, 0.25) is 0 Å². The molecule has 3 nitrogen and oxygen atoms in total. The van der Waals surface area contributed by atoms with Gasteiger partial charge in [-0.1, -0.05) is 13.8 Å². The minimum atomic E-state index is -0.876. The van der Waals surface area contributed by atoms with E-state index in [-0.39, 0.29) is 0 Å². The fraction of sp³-hybridized carbons (Fsp3) is 0.308. The minimum Gasteiger partial charge on any atom is -0.478 e. The van der Waals surface area contributed by atoms with Crippen LogP contribution in [0.5, 0.6) is 0 Å². The summed E-state index contributed by atoms with van der Waals surface area (Å²) in [5.41, 5.74) is 1.44. The lowest BCUT2D eigenvalue weighted by Crippen LogP contribution is -2.02. The highest BCUT2D eigenvalue weighted by molar-refractivity contribution is 5.93. The molecule has 0 radical (unpaired) electrons.